The summed E-state index contributed by atoms with van der Waals surface area (Å²) >= 11 is 0. The second-order valence-corrected chi connectivity index (χ2v) is 2.68. The second kappa shape index (κ2) is 4.34. The molecule has 0 unspecified atom stereocenters. The van der Waals surface area contributed by atoms with Crippen molar-refractivity contribution in [2.24, 2.45) is 0 Å². The molecule has 0 rings (SSSR count). The Balaban J connectivity index is 3.51. The Morgan fingerprint density at radius 3 is 2.50 bits per heavy atom. The van der Waals surface area contributed by atoms with Crippen LogP contribution in [-0.4, -0.2) is 18.8 Å². The highest BCUT2D eigenvalue weighted by Crippen LogP contribution is 2.08. The molecule has 0 radical (unpaired) electrons. The molecular weight excluding hydrogens is 128 g/mol. The molecule has 0 aliphatic carbocycles. The van der Waals surface area contributed by atoms with Crippen molar-refractivity contribution in [3.63, 3.8) is 0 Å². The summed E-state index contributed by atoms with van der Waals surface area (Å²) in [5.41, 5.74) is -0.238. The first-order valence-corrected chi connectivity index (χ1v) is 3.49. The van der Waals surface area contributed by atoms with E-state index in [1.165, 1.54) is 6.26 Å². The Labute approximate surface area is 62.8 Å². The van der Waals surface area contributed by atoms with Crippen molar-refractivity contribution in [1.82, 2.24) is 0 Å². The van der Waals surface area contributed by atoms with Crippen LogP contribution >= 0.6 is 0 Å². The quantitative estimate of drug-likeness (QED) is 0.549. The molecule has 0 aromatic carbocycles. The van der Waals surface area contributed by atoms with E-state index in [1.807, 2.05) is 20.8 Å². The Kier molecular flexibility index (Phi) is 4.12. The number of hydrogen-bond acceptors (Lipinski definition) is 2. The van der Waals surface area contributed by atoms with E-state index in [0.29, 0.717) is 6.61 Å². The third-order valence-electron chi connectivity index (χ3n) is 1.06. The van der Waals surface area contributed by atoms with Gasteiger partial charge >= 0.3 is 0 Å². The molecule has 0 amide bonds. The molecule has 10 heavy (non-hydrogen) atoms. The van der Waals surface area contributed by atoms with E-state index < -0.39 is 0 Å². The number of rotatable bonds is 5. The van der Waals surface area contributed by atoms with Gasteiger partial charge in [-0.05, 0) is 20.8 Å². The third kappa shape index (κ3) is 4.39. The Bertz CT molecular complexity index is 97.4. The molecule has 0 N–H and O–H groups in total. The molecule has 2 heteroatoms. The van der Waals surface area contributed by atoms with Crippen LogP contribution in [-0.2, 0) is 9.47 Å². The molecule has 0 saturated heterocycles. The zero-order valence-electron chi connectivity index (χ0n) is 7.02. The first kappa shape index (κ1) is 9.50. The van der Waals surface area contributed by atoms with E-state index in [1.54, 1.807) is 0 Å². The van der Waals surface area contributed by atoms with Crippen molar-refractivity contribution in [2.45, 2.75) is 26.4 Å². The van der Waals surface area contributed by atoms with Gasteiger partial charge in [0.2, 0.25) is 0 Å². The highest BCUT2D eigenvalue weighted by atomic mass is 16.5. The molecule has 0 aromatic rings. The van der Waals surface area contributed by atoms with Crippen LogP contribution in [0.4, 0.5) is 0 Å². The van der Waals surface area contributed by atoms with E-state index in [2.05, 4.69) is 6.58 Å². The molecule has 0 bridgehead atoms. The normalized spacial score (nSPS) is 11.1. The molecule has 60 valence electrons. The van der Waals surface area contributed by atoms with Crippen molar-refractivity contribution in [1.29, 1.82) is 0 Å². The van der Waals surface area contributed by atoms with E-state index in [0.717, 1.165) is 6.61 Å². The first-order chi connectivity index (χ1) is 4.62. The van der Waals surface area contributed by atoms with Gasteiger partial charge in [0.25, 0.3) is 0 Å². The van der Waals surface area contributed by atoms with Gasteiger partial charge in [-0.15, -0.1) is 0 Å². The monoisotopic (exact) mass is 144 g/mol. The van der Waals surface area contributed by atoms with Gasteiger partial charge < -0.3 is 9.47 Å². The van der Waals surface area contributed by atoms with Crippen LogP contribution in [0, 0.1) is 0 Å². The molecule has 0 saturated carbocycles. The average Bonchev–Trinajstić information content (AvgIpc) is 1.84. The summed E-state index contributed by atoms with van der Waals surface area (Å²) in [5.74, 6) is 0. The predicted octanol–water partition coefficient (Wildman–Crippen LogP) is 1.96. The Hall–Kier alpha value is -0.500. The van der Waals surface area contributed by atoms with Crippen LogP contribution in [0.2, 0.25) is 0 Å². The first-order valence-electron chi connectivity index (χ1n) is 3.49. The third-order valence-corrected chi connectivity index (χ3v) is 1.06. The lowest BCUT2D eigenvalue weighted by Gasteiger charge is -2.23. The summed E-state index contributed by atoms with van der Waals surface area (Å²) in [4.78, 5) is 0. The lowest BCUT2D eigenvalue weighted by Crippen LogP contribution is -2.28. The van der Waals surface area contributed by atoms with Gasteiger partial charge in [-0.25, -0.2) is 0 Å². The van der Waals surface area contributed by atoms with Gasteiger partial charge in [-0.1, -0.05) is 6.58 Å². The largest absolute Gasteiger partial charge is 0.494 e. The number of ether oxygens (including phenoxy) is 2. The van der Waals surface area contributed by atoms with Crippen molar-refractivity contribution in [2.75, 3.05) is 13.2 Å². The van der Waals surface area contributed by atoms with Gasteiger partial charge in [0.15, 0.2) is 0 Å². The molecule has 2 nitrogen and oxygen atoms in total. The van der Waals surface area contributed by atoms with Gasteiger partial charge in [-0.2, -0.15) is 0 Å². The zero-order chi connectivity index (χ0) is 8.04. The van der Waals surface area contributed by atoms with E-state index in [9.17, 15) is 0 Å². The maximum absolute atomic E-state index is 5.18. The zero-order valence-corrected chi connectivity index (χ0v) is 7.02. The molecule has 0 aromatic heterocycles. The molecule has 0 atom stereocenters. The molecular formula is C8H16O2. The van der Waals surface area contributed by atoms with Crippen molar-refractivity contribution in [3.05, 3.63) is 12.8 Å². The maximum Gasteiger partial charge on any atom is 0.126 e. The molecule has 0 heterocycles. The molecule has 0 fully saturated rings. The summed E-state index contributed by atoms with van der Waals surface area (Å²) in [6.07, 6.45) is 1.44. The van der Waals surface area contributed by atoms with Gasteiger partial charge in [-0.3, -0.25) is 0 Å². The smallest absolute Gasteiger partial charge is 0.126 e. The lowest BCUT2D eigenvalue weighted by molar-refractivity contribution is -0.0268. The fourth-order valence-corrected chi connectivity index (χ4v) is 0.607. The highest BCUT2D eigenvalue weighted by Gasteiger charge is 2.16. The SMILES string of the molecule is C=COC(C)(C)COCC. The average molecular weight is 144 g/mol. The van der Waals surface area contributed by atoms with Gasteiger partial charge in [0.1, 0.15) is 5.60 Å². The van der Waals surface area contributed by atoms with Crippen molar-refractivity contribution >= 4 is 0 Å². The van der Waals surface area contributed by atoms with Crippen LogP contribution < -0.4 is 0 Å². The maximum atomic E-state index is 5.18. The van der Waals surface area contributed by atoms with Gasteiger partial charge in [0.05, 0.1) is 12.9 Å². The fourth-order valence-electron chi connectivity index (χ4n) is 0.607. The minimum Gasteiger partial charge on any atom is -0.494 e. The lowest BCUT2D eigenvalue weighted by atomic mass is 10.1. The van der Waals surface area contributed by atoms with Crippen LogP contribution in [0.5, 0.6) is 0 Å². The van der Waals surface area contributed by atoms with Crippen molar-refractivity contribution in [3.8, 4) is 0 Å². The summed E-state index contributed by atoms with van der Waals surface area (Å²) in [5, 5.41) is 0. The summed E-state index contributed by atoms with van der Waals surface area (Å²) < 4.78 is 10.3. The van der Waals surface area contributed by atoms with Crippen LogP contribution in [0.1, 0.15) is 20.8 Å². The summed E-state index contributed by atoms with van der Waals surface area (Å²) in [6, 6.07) is 0. The summed E-state index contributed by atoms with van der Waals surface area (Å²) in [6.45, 7) is 10.7. The minimum atomic E-state index is -0.238. The van der Waals surface area contributed by atoms with Crippen LogP contribution in [0.15, 0.2) is 12.8 Å². The Morgan fingerprint density at radius 2 is 2.10 bits per heavy atom. The van der Waals surface area contributed by atoms with Crippen molar-refractivity contribution < 1.29 is 9.47 Å². The van der Waals surface area contributed by atoms with Crippen LogP contribution in [0.3, 0.4) is 0 Å². The Morgan fingerprint density at radius 1 is 1.50 bits per heavy atom. The topological polar surface area (TPSA) is 18.5 Å². The number of hydrogen-bond donors (Lipinski definition) is 0. The standard InChI is InChI=1S/C8H16O2/c1-5-9-7-8(3,4)10-6-2/h6H,2,5,7H2,1,3-4H3. The highest BCUT2D eigenvalue weighted by molar-refractivity contribution is 4.70. The second-order valence-electron chi connectivity index (χ2n) is 2.68. The van der Waals surface area contributed by atoms with E-state index in [-0.39, 0.29) is 5.60 Å². The van der Waals surface area contributed by atoms with E-state index in [4.69, 9.17) is 9.47 Å². The molecule has 0 spiro atoms. The fraction of sp³-hybridized carbons (Fsp3) is 0.750. The minimum absolute atomic E-state index is 0.238. The molecule has 0 aliphatic heterocycles. The summed E-state index contributed by atoms with van der Waals surface area (Å²) in [7, 11) is 0. The predicted molar refractivity (Wildman–Crippen MR) is 41.9 cm³/mol. The van der Waals surface area contributed by atoms with Crippen LogP contribution in [0.25, 0.3) is 0 Å². The van der Waals surface area contributed by atoms with E-state index >= 15 is 0 Å². The van der Waals surface area contributed by atoms with Gasteiger partial charge in [0, 0.05) is 6.61 Å². The molecule has 0 aliphatic rings.